The number of fused-ring (bicyclic) bond motifs is 1. The third kappa shape index (κ3) is 4.22. The molecule has 7 heteroatoms. The molecule has 1 aliphatic carbocycles. The molecular formula is C19H27BN2O4. The molecule has 140 valence electrons. The van der Waals surface area contributed by atoms with Gasteiger partial charge in [0.25, 0.3) is 0 Å². The lowest BCUT2D eigenvalue weighted by Gasteiger charge is -2.24. The summed E-state index contributed by atoms with van der Waals surface area (Å²) in [7, 11) is -1.76. The lowest BCUT2D eigenvalue weighted by Crippen LogP contribution is -2.40. The van der Waals surface area contributed by atoms with Gasteiger partial charge in [-0.3, -0.25) is 4.57 Å². The molecule has 3 rings (SSSR count). The second-order valence-electron chi connectivity index (χ2n) is 8.01. The van der Waals surface area contributed by atoms with E-state index in [4.69, 9.17) is 4.74 Å². The van der Waals surface area contributed by atoms with Crippen LogP contribution in [0.2, 0.25) is 0 Å². The molecule has 0 bridgehead atoms. The van der Waals surface area contributed by atoms with Crippen molar-refractivity contribution >= 4 is 35.4 Å². The van der Waals surface area contributed by atoms with Crippen molar-refractivity contribution in [1.82, 2.24) is 4.57 Å². The monoisotopic (exact) mass is 358 g/mol. The number of benzene rings is 1. The fourth-order valence-electron chi connectivity index (χ4n) is 3.51. The Balaban J connectivity index is 1.93. The van der Waals surface area contributed by atoms with Gasteiger partial charge in [0.15, 0.2) is 0 Å². The third-order valence-electron chi connectivity index (χ3n) is 4.65. The molecular weight excluding hydrogens is 331 g/mol. The highest BCUT2D eigenvalue weighted by Crippen LogP contribution is 2.25. The van der Waals surface area contributed by atoms with Crippen molar-refractivity contribution in [3.05, 3.63) is 24.3 Å². The summed E-state index contributed by atoms with van der Waals surface area (Å²) in [6.07, 6.45) is 5.50. The summed E-state index contributed by atoms with van der Waals surface area (Å²) in [6.45, 7) is 5.33. The summed E-state index contributed by atoms with van der Waals surface area (Å²) < 4.78 is 6.65. The number of anilines is 1. The predicted octanol–water partition coefficient (Wildman–Crippen LogP) is 2.85. The van der Waals surface area contributed by atoms with Crippen molar-refractivity contribution in [1.29, 1.82) is 0 Å². The average molecular weight is 358 g/mol. The van der Waals surface area contributed by atoms with E-state index in [9.17, 15) is 14.8 Å². The summed E-state index contributed by atoms with van der Waals surface area (Å²) in [4.78, 5) is 12.6. The van der Waals surface area contributed by atoms with Gasteiger partial charge in [0, 0.05) is 17.1 Å². The SMILES string of the molecule is CC(C)(C)OC(=O)n1c(B(O)O)cc2cc(NC3CCCCC3)ccc21. The van der Waals surface area contributed by atoms with Gasteiger partial charge in [-0.15, -0.1) is 0 Å². The molecule has 0 radical (unpaired) electrons. The average Bonchev–Trinajstić information content (AvgIpc) is 2.93. The lowest BCUT2D eigenvalue weighted by molar-refractivity contribution is 0.0547. The van der Waals surface area contributed by atoms with E-state index >= 15 is 0 Å². The number of carbonyl (C=O) groups excluding carboxylic acids is 1. The number of rotatable bonds is 3. The van der Waals surface area contributed by atoms with Crippen molar-refractivity contribution in [2.75, 3.05) is 5.32 Å². The lowest BCUT2D eigenvalue weighted by atomic mass is 9.86. The van der Waals surface area contributed by atoms with E-state index in [1.807, 2.05) is 18.2 Å². The third-order valence-corrected chi connectivity index (χ3v) is 4.65. The Morgan fingerprint density at radius 1 is 1.19 bits per heavy atom. The van der Waals surface area contributed by atoms with Gasteiger partial charge in [-0.05, 0) is 57.9 Å². The summed E-state index contributed by atoms with van der Waals surface area (Å²) in [5.74, 6) is 0. The van der Waals surface area contributed by atoms with Crippen molar-refractivity contribution in [2.24, 2.45) is 0 Å². The number of hydrogen-bond acceptors (Lipinski definition) is 5. The molecule has 1 aliphatic rings. The van der Waals surface area contributed by atoms with Crippen LogP contribution in [0.15, 0.2) is 24.3 Å². The minimum atomic E-state index is -1.76. The Labute approximate surface area is 154 Å². The van der Waals surface area contributed by atoms with Crippen LogP contribution in [-0.4, -0.2) is 39.5 Å². The molecule has 0 spiro atoms. The van der Waals surface area contributed by atoms with Crippen LogP contribution in [0, 0.1) is 0 Å². The van der Waals surface area contributed by atoms with Crippen molar-refractivity contribution in [2.45, 2.75) is 64.5 Å². The summed E-state index contributed by atoms with van der Waals surface area (Å²) in [6, 6.07) is 7.77. The summed E-state index contributed by atoms with van der Waals surface area (Å²) in [5.41, 5.74) is 0.999. The number of hydrogen-bond donors (Lipinski definition) is 3. The second kappa shape index (κ2) is 7.33. The van der Waals surface area contributed by atoms with Gasteiger partial charge in [-0.25, -0.2) is 4.79 Å². The molecule has 2 aromatic rings. The van der Waals surface area contributed by atoms with Gasteiger partial charge in [0.05, 0.1) is 11.1 Å². The largest absolute Gasteiger partial charge is 0.506 e. The Kier molecular flexibility index (Phi) is 5.30. The molecule has 3 N–H and O–H groups in total. The first-order valence-electron chi connectivity index (χ1n) is 9.26. The minimum absolute atomic E-state index is 0.101. The molecule has 6 nitrogen and oxygen atoms in total. The maximum absolute atomic E-state index is 12.6. The number of nitrogens with one attached hydrogen (secondary N) is 1. The van der Waals surface area contributed by atoms with E-state index in [-0.39, 0.29) is 5.59 Å². The quantitative estimate of drug-likeness (QED) is 0.735. The first kappa shape index (κ1) is 18.8. The number of carbonyl (C=O) groups is 1. The standard InChI is InChI=1S/C19H27BN2O4/c1-19(2,3)26-18(23)22-16-10-9-15(21-14-7-5-4-6-8-14)11-13(16)12-17(22)20(24)25/h9-12,14,21,24-25H,4-8H2,1-3H3. The Morgan fingerprint density at radius 3 is 2.50 bits per heavy atom. The Morgan fingerprint density at radius 2 is 1.88 bits per heavy atom. The molecule has 0 atom stereocenters. The van der Waals surface area contributed by atoms with Crippen molar-refractivity contribution in [3.63, 3.8) is 0 Å². The number of aromatic nitrogens is 1. The van der Waals surface area contributed by atoms with Gasteiger partial charge < -0.3 is 20.1 Å². The maximum atomic E-state index is 12.6. The normalized spacial score (nSPS) is 15.9. The van der Waals surface area contributed by atoms with Gasteiger partial charge in [-0.1, -0.05) is 19.3 Å². The zero-order chi connectivity index (χ0) is 18.9. The van der Waals surface area contributed by atoms with Crippen LogP contribution >= 0.6 is 0 Å². The highest BCUT2D eigenvalue weighted by Gasteiger charge is 2.27. The zero-order valence-corrected chi connectivity index (χ0v) is 15.7. The molecule has 1 aromatic heterocycles. The molecule has 0 saturated heterocycles. The Hall–Kier alpha value is -1.99. The van der Waals surface area contributed by atoms with Crippen molar-refractivity contribution < 1.29 is 19.6 Å². The second-order valence-corrected chi connectivity index (χ2v) is 8.01. The van der Waals surface area contributed by atoms with E-state index in [0.717, 1.165) is 23.9 Å². The molecule has 1 aromatic carbocycles. The van der Waals surface area contributed by atoms with Crippen LogP contribution in [0.1, 0.15) is 52.9 Å². The maximum Gasteiger partial charge on any atom is 0.506 e. The van der Waals surface area contributed by atoms with E-state index in [2.05, 4.69) is 5.32 Å². The van der Waals surface area contributed by atoms with Crippen LogP contribution in [0.5, 0.6) is 0 Å². The highest BCUT2D eigenvalue weighted by molar-refractivity contribution is 6.59. The first-order chi connectivity index (χ1) is 12.2. The van der Waals surface area contributed by atoms with Gasteiger partial charge in [0.1, 0.15) is 5.60 Å². The van der Waals surface area contributed by atoms with Crippen LogP contribution in [0.3, 0.4) is 0 Å². The molecule has 1 fully saturated rings. The number of nitrogens with zero attached hydrogens (tertiary/aromatic N) is 1. The fourth-order valence-corrected chi connectivity index (χ4v) is 3.51. The topological polar surface area (TPSA) is 83.7 Å². The summed E-state index contributed by atoms with van der Waals surface area (Å²) >= 11 is 0. The zero-order valence-electron chi connectivity index (χ0n) is 15.7. The van der Waals surface area contributed by atoms with Gasteiger partial charge in [0.2, 0.25) is 0 Å². The van der Waals surface area contributed by atoms with Crippen LogP contribution in [-0.2, 0) is 4.74 Å². The first-order valence-corrected chi connectivity index (χ1v) is 9.26. The molecule has 0 aliphatic heterocycles. The van der Waals surface area contributed by atoms with E-state index < -0.39 is 18.8 Å². The predicted molar refractivity (Wildman–Crippen MR) is 104 cm³/mol. The molecule has 1 heterocycles. The minimum Gasteiger partial charge on any atom is -0.443 e. The molecule has 1 saturated carbocycles. The fraction of sp³-hybridized carbons (Fsp3) is 0.526. The highest BCUT2D eigenvalue weighted by atomic mass is 16.6. The Bertz CT molecular complexity index is 789. The van der Waals surface area contributed by atoms with Crippen molar-refractivity contribution in [3.8, 4) is 0 Å². The van der Waals surface area contributed by atoms with E-state index in [0.29, 0.717) is 11.6 Å². The van der Waals surface area contributed by atoms with Gasteiger partial charge >= 0.3 is 13.2 Å². The van der Waals surface area contributed by atoms with E-state index in [1.54, 1.807) is 26.8 Å². The number of ether oxygens (including phenoxy) is 1. The smallest absolute Gasteiger partial charge is 0.443 e. The molecule has 0 unspecified atom stereocenters. The van der Waals surface area contributed by atoms with Gasteiger partial charge in [-0.2, -0.15) is 0 Å². The molecule has 0 amide bonds. The van der Waals surface area contributed by atoms with E-state index in [1.165, 1.54) is 23.8 Å². The molecule has 26 heavy (non-hydrogen) atoms. The van der Waals surface area contributed by atoms with Crippen LogP contribution in [0.25, 0.3) is 10.9 Å². The van der Waals surface area contributed by atoms with Crippen LogP contribution < -0.4 is 10.9 Å². The summed E-state index contributed by atoms with van der Waals surface area (Å²) in [5, 5.41) is 23.7. The van der Waals surface area contributed by atoms with Crippen LogP contribution in [0.4, 0.5) is 10.5 Å².